The fourth-order valence-electron chi connectivity index (χ4n) is 3.98. The standard InChI is InChI=1S/C19H19N5O6/c1-9-7-22(8-10(2)30-9)13-4-3-11(5-14(13)24(28)29)23-15(25)6-12-16(17(23)20)19(27)21-18(12)26/h3-6,9-10H,7-8,20H2,1-2H3,(H,21,26,27). The molecule has 0 spiro atoms. The lowest BCUT2D eigenvalue weighted by Crippen LogP contribution is -2.45. The van der Waals surface area contributed by atoms with Crippen molar-refractivity contribution in [1.82, 2.24) is 9.88 Å². The number of morpholine rings is 1. The molecule has 0 bridgehead atoms. The summed E-state index contributed by atoms with van der Waals surface area (Å²) in [6.45, 7) is 4.74. The molecule has 11 nitrogen and oxygen atoms in total. The van der Waals surface area contributed by atoms with Crippen LogP contribution < -0.4 is 21.5 Å². The van der Waals surface area contributed by atoms with Gasteiger partial charge in [0.25, 0.3) is 23.1 Å². The number of hydrogen-bond acceptors (Lipinski definition) is 8. The average molecular weight is 413 g/mol. The Bertz CT molecular complexity index is 1150. The summed E-state index contributed by atoms with van der Waals surface area (Å²) in [7, 11) is 0. The first-order chi connectivity index (χ1) is 14.2. The van der Waals surface area contributed by atoms with Crippen molar-refractivity contribution in [2.75, 3.05) is 23.7 Å². The number of carbonyl (C=O) groups excluding carboxylic acids is 2. The largest absolute Gasteiger partial charge is 0.384 e. The summed E-state index contributed by atoms with van der Waals surface area (Å²) in [4.78, 5) is 49.6. The van der Waals surface area contributed by atoms with Crippen LogP contribution in [0.15, 0.2) is 29.1 Å². The van der Waals surface area contributed by atoms with E-state index in [1.807, 2.05) is 18.7 Å². The van der Waals surface area contributed by atoms with Gasteiger partial charge in [-0.25, -0.2) is 0 Å². The number of ether oxygens (including phenoxy) is 1. The number of rotatable bonds is 3. The number of aromatic nitrogens is 1. The summed E-state index contributed by atoms with van der Waals surface area (Å²) in [5, 5.41) is 13.9. The lowest BCUT2D eigenvalue weighted by Gasteiger charge is -2.36. The molecule has 3 N–H and O–H groups in total. The molecule has 2 aliphatic rings. The van der Waals surface area contributed by atoms with Gasteiger partial charge >= 0.3 is 0 Å². The Kier molecular flexibility index (Phi) is 4.54. The van der Waals surface area contributed by atoms with E-state index in [2.05, 4.69) is 5.32 Å². The fourth-order valence-corrected chi connectivity index (χ4v) is 3.98. The van der Waals surface area contributed by atoms with Crippen LogP contribution in [0.3, 0.4) is 0 Å². The third-order valence-electron chi connectivity index (χ3n) is 5.13. The number of nitrogens with zero attached hydrogens (tertiary/aromatic N) is 3. The molecule has 11 heteroatoms. The molecule has 1 aromatic carbocycles. The van der Waals surface area contributed by atoms with E-state index >= 15 is 0 Å². The lowest BCUT2D eigenvalue weighted by molar-refractivity contribution is -0.384. The van der Waals surface area contributed by atoms with Crippen LogP contribution in [0.25, 0.3) is 5.69 Å². The topological polar surface area (TPSA) is 150 Å². The monoisotopic (exact) mass is 413 g/mol. The number of nitrogens with one attached hydrogen (secondary N) is 1. The number of carbonyl (C=O) groups is 2. The van der Waals surface area contributed by atoms with Crippen LogP contribution in [0.1, 0.15) is 34.6 Å². The Morgan fingerprint density at radius 3 is 2.43 bits per heavy atom. The highest BCUT2D eigenvalue weighted by atomic mass is 16.6. The van der Waals surface area contributed by atoms with Gasteiger partial charge < -0.3 is 15.4 Å². The normalized spacial score (nSPS) is 20.8. The summed E-state index contributed by atoms with van der Waals surface area (Å²) in [5.74, 6) is -1.68. The summed E-state index contributed by atoms with van der Waals surface area (Å²) in [5.41, 5.74) is 5.42. The highest BCUT2D eigenvalue weighted by molar-refractivity contribution is 6.23. The molecule has 1 saturated heterocycles. The van der Waals surface area contributed by atoms with Crippen molar-refractivity contribution in [2.24, 2.45) is 0 Å². The van der Waals surface area contributed by atoms with Crippen molar-refractivity contribution in [3.05, 3.63) is 55.9 Å². The Morgan fingerprint density at radius 2 is 1.80 bits per heavy atom. The maximum absolute atomic E-state index is 12.6. The van der Waals surface area contributed by atoms with E-state index in [1.54, 1.807) is 6.07 Å². The highest BCUT2D eigenvalue weighted by Gasteiger charge is 2.33. The van der Waals surface area contributed by atoms with Crippen LogP contribution in [0, 0.1) is 10.1 Å². The van der Waals surface area contributed by atoms with Crippen LogP contribution in [0.2, 0.25) is 0 Å². The van der Waals surface area contributed by atoms with Crippen molar-refractivity contribution in [1.29, 1.82) is 0 Å². The molecular formula is C19H19N5O6. The average Bonchev–Trinajstić information content (AvgIpc) is 2.94. The van der Waals surface area contributed by atoms with E-state index < -0.39 is 22.3 Å². The first-order valence-electron chi connectivity index (χ1n) is 9.27. The van der Waals surface area contributed by atoms with Crippen LogP contribution in [0.5, 0.6) is 0 Å². The van der Waals surface area contributed by atoms with Crippen LogP contribution >= 0.6 is 0 Å². The number of pyridine rings is 1. The SMILES string of the molecule is CC1CN(c2ccc(-n3c(N)c4c(cc3=O)C(=O)NC4=O)cc2[N+](=O)[O-])CC(C)O1. The van der Waals surface area contributed by atoms with Crippen molar-refractivity contribution in [3.63, 3.8) is 0 Å². The predicted molar refractivity (Wildman–Crippen MR) is 107 cm³/mol. The third-order valence-corrected chi connectivity index (χ3v) is 5.13. The zero-order valence-corrected chi connectivity index (χ0v) is 16.2. The van der Waals surface area contributed by atoms with Gasteiger partial charge in [-0.2, -0.15) is 0 Å². The van der Waals surface area contributed by atoms with Crippen LogP contribution in [-0.2, 0) is 4.74 Å². The van der Waals surface area contributed by atoms with Gasteiger partial charge in [0.2, 0.25) is 0 Å². The first kappa shape index (κ1) is 19.6. The number of imide groups is 1. The number of fused-ring (bicyclic) bond motifs is 1. The summed E-state index contributed by atoms with van der Waals surface area (Å²) < 4.78 is 6.67. The van der Waals surface area contributed by atoms with E-state index in [9.17, 15) is 24.5 Å². The van der Waals surface area contributed by atoms with E-state index in [1.165, 1.54) is 12.1 Å². The van der Waals surface area contributed by atoms with E-state index in [4.69, 9.17) is 10.5 Å². The number of nitro groups is 1. The minimum Gasteiger partial charge on any atom is -0.384 e. The molecular weight excluding hydrogens is 394 g/mol. The van der Waals surface area contributed by atoms with Gasteiger partial charge in [-0.15, -0.1) is 0 Å². The second-order valence-electron chi connectivity index (χ2n) is 7.37. The molecule has 2 aliphatic heterocycles. The van der Waals surface area contributed by atoms with Crippen molar-refractivity contribution in [2.45, 2.75) is 26.1 Å². The molecule has 1 fully saturated rings. The van der Waals surface area contributed by atoms with Crippen LogP contribution in [0.4, 0.5) is 17.2 Å². The van der Waals surface area contributed by atoms with Crippen LogP contribution in [-0.4, -0.2) is 46.6 Å². The van der Waals surface area contributed by atoms with Gasteiger partial charge in [0.05, 0.1) is 33.9 Å². The Morgan fingerprint density at radius 1 is 1.13 bits per heavy atom. The maximum Gasteiger partial charge on any atom is 0.294 e. The molecule has 0 radical (unpaired) electrons. The quantitative estimate of drug-likeness (QED) is 0.427. The zero-order chi connectivity index (χ0) is 21.7. The van der Waals surface area contributed by atoms with Gasteiger partial charge in [-0.1, -0.05) is 0 Å². The summed E-state index contributed by atoms with van der Waals surface area (Å²) in [6.07, 6.45) is -0.196. The Labute approximate surface area is 170 Å². The number of nitrogens with two attached hydrogens (primary N) is 1. The number of nitrogen functional groups attached to an aromatic ring is 1. The van der Waals surface area contributed by atoms with Gasteiger partial charge in [0, 0.05) is 25.2 Å². The predicted octanol–water partition coefficient (Wildman–Crippen LogP) is 0.825. The fraction of sp³-hybridized carbons (Fsp3) is 0.316. The van der Waals surface area contributed by atoms with Gasteiger partial charge in [-0.3, -0.25) is 34.4 Å². The van der Waals surface area contributed by atoms with Crippen molar-refractivity contribution >= 4 is 29.0 Å². The number of nitro benzene ring substituents is 1. The van der Waals surface area contributed by atoms with E-state index in [0.29, 0.717) is 18.8 Å². The molecule has 0 aliphatic carbocycles. The molecule has 4 rings (SSSR count). The lowest BCUT2D eigenvalue weighted by atomic mass is 10.1. The number of amides is 2. The summed E-state index contributed by atoms with van der Waals surface area (Å²) in [6, 6.07) is 5.30. The van der Waals surface area contributed by atoms with Crippen molar-refractivity contribution < 1.29 is 19.2 Å². The highest BCUT2D eigenvalue weighted by Crippen LogP contribution is 2.33. The molecule has 2 atom stereocenters. The summed E-state index contributed by atoms with van der Waals surface area (Å²) >= 11 is 0. The number of anilines is 2. The smallest absolute Gasteiger partial charge is 0.294 e. The zero-order valence-electron chi connectivity index (χ0n) is 16.2. The second kappa shape index (κ2) is 6.95. The van der Waals surface area contributed by atoms with Gasteiger partial charge in [0.15, 0.2) is 0 Å². The second-order valence-corrected chi connectivity index (χ2v) is 7.37. The maximum atomic E-state index is 12.6. The number of hydrogen-bond donors (Lipinski definition) is 2. The minimum atomic E-state index is -0.719. The van der Waals surface area contributed by atoms with Crippen molar-refractivity contribution in [3.8, 4) is 5.69 Å². The molecule has 3 heterocycles. The molecule has 30 heavy (non-hydrogen) atoms. The first-order valence-corrected chi connectivity index (χ1v) is 9.27. The minimum absolute atomic E-state index is 0.0981. The van der Waals surface area contributed by atoms with E-state index in [0.717, 1.165) is 10.6 Å². The molecule has 2 amide bonds. The molecule has 0 saturated carbocycles. The molecule has 156 valence electrons. The Balaban J connectivity index is 1.84. The van der Waals surface area contributed by atoms with Gasteiger partial charge in [0.1, 0.15) is 11.5 Å². The number of benzene rings is 1. The third kappa shape index (κ3) is 3.08. The molecule has 1 aromatic heterocycles. The van der Waals surface area contributed by atoms with E-state index in [-0.39, 0.29) is 40.5 Å². The Hall–Kier alpha value is -3.73. The molecule has 2 aromatic rings. The molecule has 2 unspecified atom stereocenters. The van der Waals surface area contributed by atoms with Gasteiger partial charge in [-0.05, 0) is 26.0 Å².